The van der Waals surface area contributed by atoms with Crippen LogP contribution in [0.2, 0.25) is 0 Å². The number of hydrogen-bond donors (Lipinski definition) is 1. The average molecular weight is 545 g/mol. The fourth-order valence-corrected chi connectivity index (χ4v) is 5.76. The van der Waals surface area contributed by atoms with Crippen molar-refractivity contribution in [3.8, 4) is 11.3 Å². The van der Waals surface area contributed by atoms with Crippen molar-refractivity contribution in [2.24, 2.45) is 5.10 Å². The number of carbonyl (C=O) groups is 1. The van der Waals surface area contributed by atoms with Gasteiger partial charge in [0.1, 0.15) is 0 Å². The molecular weight excluding hydrogens is 516 g/mol. The van der Waals surface area contributed by atoms with Crippen molar-refractivity contribution in [1.82, 2.24) is 15.0 Å². The summed E-state index contributed by atoms with van der Waals surface area (Å²) in [6.45, 7) is 2.84. The van der Waals surface area contributed by atoms with Crippen LogP contribution < -0.4 is 5.43 Å². The van der Waals surface area contributed by atoms with Gasteiger partial charge in [-0.2, -0.15) is 5.10 Å². The molecule has 5 heteroatoms. The third kappa shape index (κ3) is 4.61. The SMILES string of the molecule is Cc1c(/C=N\NC(=O)c2cc(-c3ccccc3)nc3ccccc23)c2ccccc2n1Cc1cccc2ccccc12. The van der Waals surface area contributed by atoms with Gasteiger partial charge in [-0.05, 0) is 41.5 Å². The van der Waals surface area contributed by atoms with Crippen molar-refractivity contribution in [2.45, 2.75) is 13.5 Å². The standard InChI is InChI=1S/C37H28N4O/c1-25-33(31-19-8-10-21-36(31)41(25)24-28-16-11-15-26-12-5-6-17-29(26)28)23-38-40-37(42)32-22-35(27-13-3-2-4-14-27)39-34-20-9-7-18-30(32)34/h2-23H,24H2,1H3,(H,40,42)/b38-23-. The van der Waals surface area contributed by atoms with E-state index in [0.717, 1.165) is 50.9 Å². The Morgan fingerprint density at radius 3 is 2.33 bits per heavy atom. The monoisotopic (exact) mass is 544 g/mol. The molecule has 2 aromatic heterocycles. The fourth-order valence-electron chi connectivity index (χ4n) is 5.76. The summed E-state index contributed by atoms with van der Waals surface area (Å²) in [6, 6.07) is 42.7. The molecular formula is C37H28N4O. The van der Waals surface area contributed by atoms with Gasteiger partial charge in [0.25, 0.3) is 5.91 Å². The molecule has 7 rings (SSSR count). The first-order chi connectivity index (χ1) is 20.7. The minimum Gasteiger partial charge on any atom is -0.340 e. The quantitative estimate of drug-likeness (QED) is 0.170. The van der Waals surface area contributed by atoms with Crippen molar-refractivity contribution in [1.29, 1.82) is 0 Å². The summed E-state index contributed by atoms with van der Waals surface area (Å²) < 4.78 is 2.32. The van der Waals surface area contributed by atoms with E-state index >= 15 is 0 Å². The second kappa shape index (κ2) is 10.8. The Labute approximate surface area is 243 Å². The number of nitrogens with zero attached hydrogens (tertiary/aromatic N) is 3. The van der Waals surface area contributed by atoms with Gasteiger partial charge in [-0.25, -0.2) is 10.4 Å². The lowest BCUT2D eigenvalue weighted by molar-refractivity contribution is 0.0956. The molecule has 0 spiro atoms. The van der Waals surface area contributed by atoms with Crippen LogP contribution in [0.3, 0.4) is 0 Å². The van der Waals surface area contributed by atoms with Gasteiger partial charge < -0.3 is 4.57 Å². The number of para-hydroxylation sites is 2. The van der Waals surface area contributed by atoms with Crippen LogP contribution in [0.1, 0.15) is 27.2 Å². The first-order valence-corrected chi connectivity index (χ1v) is 14.0. The maximum Gasteiger partial charge on any atom is 0.272 e. The third-order valence-electron chi connectivity index (χ3n) is 7.88. The Balaban J connectivity index is 1.22. The van der Waals surface area contributed by atoms with Crippen LogP contribution in [0.4, 0.5) is 0 Å². The normalized spacial score (nSPS) is 11.5. The molecule has 5 nitrogen and oxygen atoms in total. The number of pyridine rings is 1. The van der Waals surface area contributed by atoms with Gasteiger partial charge in [0.2, 0.25) is 0 Å². The number of carbonyl (C=O) groups excluding carboxylic acids is 1. The Morgan fingerprint density at radius 2 is 1.48 bits per heavy atom. The van der Waals surface area contributed by atoms with Gasteiger partial charge in [0, 0.05) is 39.7 Å². The molecule has 1 N–H and O–H groups in total. The minimum atomic E-state index is -0.279. The summed E-state index contributed by atoms with van der Waals surface area (Å²) in [5, 5.41) is 8.81. The summed E-state index contributed by atoms with van der Waals surface area (Å²) in [5.41, 5.74) is 10.2. The average Bonchev–Trinajstić information content (AvgIpc) is 3.31. The number of aromatic nitrogens is 2. The van der Waals surface area contributed by atoms with Crippen LogP contribution in [0.15, 0.2) is 132 Å². The zero-order chi connectivity index (χ0) is 28.5. The second-order valence-electron chi connectivity index (χ2n) is 10.4. The lowest BCUT2D eigenvalue weighted by Crippen LogP contribution is -2.18. The molecule has 202 valence electrons. The Bertz CT molecular complexity index is 2120. The molecule has 0 aliphatic rings. The van der Waals surface area contributed by atoms with Crippen LogP contribution in [-0.2, 0) is 6.54 Å². The minimum absolute atomic E-state index is 0.279. The van der Waals surface area contributed by atoms with Crippen molar-refractivity contribution >= 4 is 44.7 Å². The predicted molar refractivity (Wildman–Crippen MR) is 172 cm³/mol. The Hall–Kier alpha value is -5.55. The highest BCUT2D eigenvalue weighted by molar-refractivity contribution is 6.08. The van der Waals surface area contributed by atoms with Gasteiger partial charge in [-0.3, -0.25) is 4.79 Å². The Morgan fingerprint density at radius 1 is 0.786 bits per heavy atom. The molecule has 5 aromatic carbocycles. The molecule has 7 aromatic rings. The molecule has 0 saturated carbocycles. The van der Waals surface area contributed by atoms with Gasteiger partial charge in [0.15, 0.2) is 0 Å². The van der Waals surface area contributed by atoms with E-state index in [1.54, 1.807) is 6.21 Å². The number of hydrazone groups is 1. The maximum absolute atomic E-state index is 13.5. The molecule has 0 radical (unpaired) electrons. The van der Waals surface area contributed by atoms with Crippen molar-refractivity contribution in [3.63, 3.8) is 0 Å². The number of rotatable bonds is 6. The lowest BCUT2D eigenvalue weighted by Gasteiger charge is -2.11. The van der Waals surface area contributed by atoms with Gasteiger partial charge in [0.05, 0.1) is 23.0 Å². The smallest absolute Gasteiger partial charge is 0.272 e. The van der Waals surface area contributed by atoms with E-state index in [-0.39, 0.29) is 5.91 Å². The highest BCUT2D eigenvalue weighted by atomic mass is 16.2. The summed E-state index contributed by atoms with van der Waals surface area (Å²) in [5.74, 6) is -0.279. The molecule has 1 amide bonds. The molecule has 0 bridgehead atoms. The maximum atomic E-state index is 13.5. The van der Waals surface area contributed by atoms with Gasteiger partial charge in [-0.15, -0.1) is 0 Å². The van der Waals surface area contributed by atoms with Crippen LogP contribution in [-0.4, -0.2) is 21.7 Å². The summed E-state index contributed by atoms with van der Waals surface area (Å²) in [7, 11) is 0. The third-order valence-corrected chi connectivity index (χ3v) is 7.88. The molecule has 0 unspecified atom stereocenters. The van der Waals surface area contributed by atoms with E-state index in [1.165, 1.54) is 16.3 Å². The summed E-state index contributed by atoms with van der Waals surface area (Å²) >= 11 is 0. The summed E-state index contributed by atoms with van der Waals surface area (Å²) in [4.78, 5) is 18.3. The van der Waals surface area contributed by atoms with E-state index in [9.17, 15) is 4.79 Å². The van der Waals surface area contributed by atoms with Crippen molar-refractivity contribution < 1.29 is 4.79 Å². The molecule has 42 heavy (non-hydrogen) atoms. The number of fused-ring (bicyclic) bond motifs is 3. The highest BCUT2D eigenvalue weighted by Crippen LogP contribution is 2.28. The number of nitrogens with one attached hydrogen (secondary N) is 1. The van der Waals surface area contributed by atoms with E-state index in [4.69, 9.17) is 4.98 Å². The fraction of sp³-hybridized carbons (Fsp3) is 0.0541. The van der Waals surface area contributed by atoms with Gasteiger partial charge in [-0.1, -0.05) is 109 Å². The van der Waals surface area contributed by atoms with Crippen LogP contribution in [0.5, 0.6) is 0 Å². The van der Waals surface area contributed by atoms with Crippen molar-refractivity contribution in [2.75, 3.05) is 0 Å². The molecule has 0 atom stereocenters. The predicted octanol–water partition coefficient (Wildman–Crippen LogP) is 8.13. The molecule has 0 aliphatic heterocycles. The lowest BCUT2D eigenvalue weighted by atomic mass is 10.0. The van der Waals surface area contributed by atoms with Gasteiger partial charge >= 0.3 is 0 Å². The van der Waals surface area contributed by atoms with E-state index in [1.807, 2.05) is 66.7 Å². The first kappa shape index (κ1) is 25.4. The topological polar surface area (TPSA) is 59.3 Å². The van der Waals surface area contributed by atoms with E-state index in [2.05, 4.69) is 82.7 Å². The van der Waals surface area contributed by atoms with E-state index < -0.39 is 0 Å². The zero-order valence-corrected chi connectivity index (χ0v) is 23.2. The van der Waals surface area contributed by atoms with Crippen LogP contribution >= 0.6 is 0 Å². The number of benzene rings is 5. The zero-order valence-electron chi connectivity index (χ0n) is 23.2. The number of amides is 1. The summed E-state index contributed by atoms with van der Waals surface area (Å²) in [6.07, 6.45) is 1.76. The first-order valence-electron chi connectivity index (χ1n) is 14.0. The van der Waals surface area contributed by atoms with E-state index in [0.29, 0.717) is 5.56 Å². The molecule has 2 heterocycles. The molecule has 0 fully saturated rings. The molecule has 0 aliphatic carbocycles. The number of hydrogen-bond acceptors (Lipinski definition) is 3. The highest BCUT2D eigenvalue weighted by Gasteiger charge is 2.16. The largest absolute Gasteiger partial charge is 0.340 e. The second-order valence-corrected chi connectivity index (χ2v) is 10.4. The van der Waals surface area contributed by atoms with Crippen LogP contribution in [0, 0.1) is 6.92 Å². The van der Waals surface area contributed by atoms with Crippen molar-refractivity contribution in [3.05, 3.63) is 150 Å². The Kier molecular flexibility index (Phi) is 6.53. The van der Waals surface area contributed by atoms with Crippen LogP contribution in [0.25, 0.3) is 43.8 Å². The molecule has 0 saturated heterocycles.